The van der Waals surface area contributed by atoms with Crippen molar-refractivity contribution >= 4 is 11.7 Å². The third kappa shape index (κ3) is 5.36. The van der Waals surface area contributed by atoms with Crippen LogP contribution in [0.3, 0.4) is 0 Å². The number of carbonyl (C=O) groups is 1. The van der Waals surface area contributed by atoms with Gasteiger partial charge in [-0.15, -0.1) is 0 Å². The highest BCUT2D eigenvalue weighted by Crippen LogP contribution is 2.11. The summed E-state index contributed by atoms with van der Waals surface area (Å²) < 4.78 is 5.04. The van der Waals surface area contributed by atoms with E-state index in [-0.39, 0.29) is 11.6 Å². The molecule has 0 spiro atoms. The number of amides is 2. The first-order chi connectivity index (χ1) is 7.90. The molecule has 0 saturated heterocycles. The van der Waals surface area contributed by atoms with Crippen LogP contribution in [0.4, 0.5) is 10.5 Å². The van der Waals surface area contributed by atoms with Crippen LogP contribution in [-0.4, -0.2) is 18.7 Å². The first kappa shape index (κ1) is 13.5. The summed E-state index contributed by atoms with van der Waals surface area (Å²) in [4.78, 5) is 11.6. The molecular formula is C13H20N2O2. The van der Waals surface area contributed by atoms with Crippen LogP contribution in [0, 0.1) is 0 Å². The highest BCUT2D eigenvalue weighted by Gasteiger charge is 2.13. The molecule has 1 rings (SSSR count). The van der Waals surface area contributed by atoms with Crippen molar-refractivity contribution in [2.45, 2.75) is 32.9 Å². The smallest absolute Gasteiger partial charge is 0.319 e. The summed E-state index contributed by atoms with van der Waals surface area (Å²) in [7, 11) is 1.65. The number of anilines is 1. The van der Waals surface area contributed by atoms with E-state index in [9.17, 15) is 4.79 Å². The number of nitrogens with one attached hydrogen (secondary N) is 2. The van der Waals surface area contributed by atoms with Crippen LogP contribution in [-0.2, 0) is 11.3 Å². The van der Waals surface area contributed by atoms with Gasteiger partial charge in [0.15, 0.2) is 0 Å². The normalized spacial score (nSPS) is 11.1. The van der Waals surface area contributed by atoms with Crippen LogP contribution in [0.2, 0.25) is 0 Å². The van der Waals surface area contributed by atoms with Gasteiger partial charge in [-0.1, -0.05) is 12.1 Å². The summed E-state index contributed by atoms with van der Waals surface area (Å²) in [6.07, 6.45) is 0. The predicted octanol–water partition coefficient (Wildman–Crippen LogP) is 2.75. The minimum absolute atomic E-state index is 0.202. The van der Waals surface area contributed by atoms with Gasteiger partial charge >= 0.3 is 6.03 Å². The maximum Gasteiger partial charge on any atom is 0.319 e. The average Bonchev–Trinajstić information content (AvgIpc) is 2.15. The van der Waals surface area contributed by atoms with Gasteiger partial charge in [-0.05, 0) is 38.5 Å². The van der Waals surface area contributed by atoms with E-state index in [4.69, 9.17) is 4.74 Å². The van der Waals surface area contributed by atoms with Crippen molar-refractivity contribution in [3.8, 4) is 0 Å². The van der Waals surface area contributed by atoms with Crippen molar-refractivity contribution in [2.75, 3.05) is 12.4 Å². The van der Waals surface area contributed by atoms with Gasteiger partial charge in [-0.3, -0.25) is 0 Å². The van der Waals surface area contributed by atoms with Crippen LogP contribution < -0.4 is 10.6 Å². The molecule has 0 unspecified atom stereocenters. The Morgan fingerprint density at radius 3 is 2.65 bits per heavy atom. The van der Waals surface area contributed by atoms with E-state index in [1.165, 1.54) is 0 Å². The number of benzene rings is 1. The van der Waals surface area contributed by atoms with Gasteiger partial charge in [0, 0.05) is 18.3 Å². The van der Waals surface area contributed by atoms with Gasteiger partial charge < -0.3 is 15.4 Å². The molecule has 0 heterocycles. The van der Waals surface area contributed by atoms with Crippen molar-refractivity contribution in [3.05, 3.63) is 29.8 Å². The summed E-state index contributed by atoms with van der Waals surface area (Å²) in [6, 6.07) is 7.39. The molecule has 0 radical (unpaired) electrons. The Labute approximate surface area is 102 Å². The molecule has 0 fully saturated rings. The lowest BCUT2D eigenvalue weighted by atomic mass is 10.1. The Morgan fingerprint density at radius 1 is 1.35 bits per heavy atom. The Hall–Kier alpha value is -1.55. The van der Waals surface area contributed by atoms with Crippen LogP contribution in [0.1, 0.15) is 26.3 Å². The molecule has 0 bridgehead atoms. The summed E-state index contributed by atoms with van der Waals surface area (Å²) in [5.41, 5.74) is 1.55. The van der Waals surface area contributed by atoms with E-state index in [2.05, 4.69) is 10.6 Å². The highest BCUT2D eigenvalue weighted by molar-refractivity contribution is 5.89. The largest absolute Gasteiger partial charge is 0.380 e. The monoisotopic (exact) mass is 236 g/mol. The number of rotatable bonds is 3. The SMILES string of the molecule is COCc1cccc(NC(=O)NC(C)(C)C)c1. The van der Waals surface area contributed by atoms with Crippen molar-refractivity contribution in [1.29, 1.82) is 0 Å². The van der Waals surface area contributed by atoms with E-state index in [1.807, 2.05) is 45.0 Å². The second-order valence-corrected chi connectivity index (χ2v) is 4.96. The van der Waals surface area contributed by atoms with Crippen LogP contribution in [0.15, 0.2) is 24.3 Å². The van der Waals surface area contributed by atoms with E-state index in [0.29, 0.717) is 6.61 Å². The lowest BCUT2D eigenvalue weighted by molar-refractivity contribution is 0.185. The molecule has 0 aromatic heterocycles. The van der Waals surface area contributed by atoms with E-state index < -0.39 is 0 Å². The topological polar surface area (TPSA) is 50.4 Å². The molecule has 94 valence electrons. The Bertz CT molecular complexity index is 383. The zero-order chi connectivity index (χ0) is 12.9. The van der Waals surface area contributed by atoms with Gasteiger partial charge in [-0.25, -0.2) is 4.79 Å². The fourth-order valence-electron chi connectivity index (χ4n) is 1.41. The lowest BCUT2D eigenvalue weighted by Crippen LogP contribution is -2.43. The quantitative estimate of drug-likeness (QED) is 0.847. The Balaban J connectivity index is 2.62. The molecule has 2 amide bonds. The second-order valence-electron chi connectivity index (χ2n) is 4.96. The molecule has 1 aromatic carbocycles. The first-order valence-electron chi connectivity index (χ1n) is 5.58. The second kappa shape index (κ2) is 5.68. The molecule has 0 saturated carbocycles. The number of methoxy groups -OCH3 is 1. The fourth-order valence-corrected chi connectivity index (χ4v) is 1.41. The molecule has 0 atom stereocenters. The third-order valence-electron chi connectivity index (χ3n) is 1.98. The van der Waals surface area contributed by atoms with Crippen molar-refractivity contribution in [3.63, 3.8) is 0 Å². The fraction of sp³-hybridized carbons (Fsp3) is 0.462. The van der Waals surface area contributed by atoms with Crippen LogP contribution in [0.25, 0.3) is 0 Å². The summed E-state index contributed by atoms with van der Waals surface area (Å²) in [6.45, 7) is 6.35. The average molecular weight is 236 g/mol. The van der Waals surface area contributed by atoms with Crippen LogP contribution >= 0.6 is 0 Å². The molecule has 0 aliphatic heterocycles. The maximum absolute atomic E-state index is 11.6. The number of hydrogen-bond donors (Lipinski definition) is 2. The summed E-state index contributed by atoms with van der Waals surface area (Å²) >= 11 is 0. The van der Waals surface area contributed by atoms with Gasteiger partial charge in [0.2, 0.25) is 0 Å². The molecule has 4 nitrogen and oxygen atoms in total. The zero-order valence-electron chi connectivity index (χ0n) is 10.8. The number of carbonyl (C=O) groups excluding carboxylic acids is 1. The summed E-state index contributed by atoms with van der Waals surface area (Å²) in [5.74, 6) is 0. The van der Waals surface area contributed by atoms with E-state index in [1.54, 1.807) is 7.11 Å². The highest BCUT2D eigenvalue weighted by atomic mass is 16.5. The van der Waals surface area contributed by atoms with Crippen molar-refractivity contribution in [2.24, 2.45) is 0 Å². The van der Waals surface area contributed by atoms with E-state index in [0.717, 1.165) is 11.3 Å². The third-order valence-corrected chi connectivity index (χ3v) is 1.98. The molecule has 0 aliphatic rings. The molecule has 4 heteroatoms. The minimum atomic E-state index is -0.242. The first-order valence-corrected chi connectivity index (χ1v) is 5.58. The van der Waals surface area contributed by atoms with Gasteiger partial charge in [-0.2, -0.15) is 0 Å². The lowest BCUT2D eigenvalue weighted by Gasteiger charge is -2.20. The van der Waals surface area contributed by atoms with Crippen molar-refractivity contribution in [1.82, 2.24) is 5.32 Å². The number of urea groups is 1. The molecule has 17 heavy (non-hydrogen) atoms. The van der Waals surface area contributed by atoms with Gasteiger partial charge in [0.05, 0.1) is 6.61 Å². The standard InChI is InChI=1S/C13H20N2O2/c1-13(2,3)15-12(16)14-11-7-5-6-10(8-11)9-17-4/h5-8H,9H2,1-4H3,(H2,14,15,16). The minimum Gasteiger partial charge on any atom is -0.380 e. The molecule has 1 aromatic rings. The molecule has 2 N–H and O–H groups in total. The number of hydrogen-bond acceptors (Lipinski definition) is 2. The van der Waals surface area contributed by atoms with Gasteiger partial charge in [0.1, 0.15) is 0 Å². The zero-order valence-corrected chi connectivity index (χ0v) is 10.8. The van der Waals surface area contributed by atoms with E-state index >= 15 is 0 Å². The Kier molecular flexibility index (Phi) is 4.52. The predicted molar refractivity (Wildman–Crippen MR) is 69.1 cm³/mol. The summed E-state index contributed by atoms with van der Waals surface area (Å²) in [5, 5.41) is 5.63. The van der Waals surface area contributed by atoms with Crippen LogP contribution in [0.5, 0.6) is 0 Å². The van der Waals surface area contributed by atoms with Gasteiger partial charge in [0.25, 0.3) is 0 Å². The molecular weight excluding hydrogens is 216 g/mol. The maximum atomic E-state index is 11.6. The molecule has 0 aliphatic carbocycles. The van der Waals surface area contributed by atoms with Crippen molar-refractivity contribution < 1.29 is 9.53 Å². The number of ether oxygens (including phenoxy) is 1. The Morgan fingerprint density at radius 2 is 2.06 bits per heavy atom.